The minimum atomic E-state index is -0.372. The first kappa shape index (κ1) is 19.7. The standard InChI is InChI=1S/C21H25N3O4/c1-27-17-8-9-18(19(11-17)28-2)24-21(26)15-10-14(12-22-13-15)20(25)23-16-6-4-3-5-7-16/h8-13,16H,3-7H2,1-2H3,(H,23,25)(H,24,26). The Morgan fingerprint density at radius 3 is 2.36 bits per heavy atom. The van der Waals surface area contributed by atoms with E-state index in [1.54, 1.807) is 31.4 Å². The summed E-state index contributed by atoms with van der Waals surface area (Å²) in [4.78, 5) is 29.2. The van der Waals surface area contributed by atoms with Crippen LogP contribution in [0.1, 0.15) is 52.8 Å². The Labute approximate surface area is 164 Å². The third-order valence-corrected chi connectivity index (χ3v) is 4.86. The first-order valence-corrected chi connectivity index (χ1v) is 9.40. The molecule has 0 unspecified atom stereocenters. The highest BCUT2D eigenvalue weighted by Gasteiger charge is 2.18. The zero-order valence-corrected chi connectivity index (χ0v) is 16.2. The van der Waals surface area contributed by atoms with Gasteiger partial charge in [-0.25, -0.2) is 0 Å². The molecule has 3 rings (SSSR count). The van der Waals surface area contributed by atoms with Gasteiger partial charge in [-0.15, -0.1) is 0 Å². The molecule has 1 heterocycles. The molecule has 0 atom stereocenters. The minimum absolute atomic E-state index is 0.197. The van der Waals surface area contributed by atoms with Crippen LogP contribution in [-0.2, 0) is 0 Å². The van der Waals surface area contributed by atoms with Crippen LogP contribution < -0.4 is 20.1 Å². The number of nitrogens with one attached hydrogen (secondary N) is 2. The Morgan fingerprint density at radius 1 is 0.964 bits per heavy atom. The number of hydrogen-bond donors (Lipinski definition) is 2. The van der Waals surface area contributed by atoms with Crippen LogP contribution in [0.4, 0.5) is 5.69 Å². The molecule has 1 aliphatic carbocycles. The van der Waals surface area contributed by atoms with Crippen LogP contribution >= 0.6 is 0 Å². The first-order chi connectivity index (χ1) is 13.6. The van der Waals surface area contributed by atoms with Crippen molar-refractivity contribution in [3.05, 3.63) is 47.8 Å². The topological polar surface area (TPSA) is 89.5 Å². The summed E-state index contributed by atoms with van der Waals surface area (Å²) in [5, 5.41) is 5.82. The zero-order chi connectivity index (χ0) is 19.9. The average Bonchev–Trinajstić information content (AvgIpc) is 2.74. The van der Waals surface area contributed by atoms with Crippen molar-refractivity contribution in [1.29, 1.82) is 0 Å². The van der Waals surface area contributed by atoms with Gasteiger partial charge in [0.1, 0.15) is 11.5 Å². The lowest BCUT2D eigenvalue weighted by Gasteiger charge is -2.22. The highest BCUT2D eigenvalue weighted by Crippen LogP contribution is 2.29. The Bertz CT molecular complexity index is 847. The number of rotatable bonds is 6. The van der Waals surface area contributed by atoms with Crippen LogP contribution in [-0.4, -0.2) is 37.1 Å². The van der Waals surface area contributed by atoms with E-state index in [2.05, 4.69) is 15.6 Å². The number of benzene rings is 1. The summed E-state index contributed by atoms with van der Waals surface area (Å²) < 4.78 is 10.5. The Hall–Kier alpha value is -3.09. The van der Waals surface area contributed by atoms with E-state index in [0.717, 1.165) is 25.7 Å². The number of anilines is 1. The van der Waals surface area contributed by atoms with E-state index in [9.17, 15) is 9.59 Å². The van der Waals surface area contributed by atoms with E-state index < -0.39 is 0 Å². The van der Waals surface area contributed by atoms with Gasteiger partial charge >= 0.3 is 0 Å². The van der Waals surface area contributed by atoms with Crippen molar-refractivity contribution in [3.8, 4) is 11.5 Å². The molecule has 0 aliphatic heterocycles. The lowest BCUT2D eigenvalue weighted by molar-refractivity contribution is 0.0927. The fourth-order valence-electron chi connectivity index (χ4n) is 3.30. The van der Waals surface area contributed by atoms with Gasteiger partial charge in [0.15, 0.2) is 0 Å². The molecule has 2 N–H and O–H groups in total. The average molecular weight is 383 g/mol. The maximum Gasteiger partial charge on any atom is 0.257 e. The van der Waals surface area contributed by atoms with E-state index in [0.29, 0.717) is 28.3 Å². The van der Waals surface area contributed by atoms with Gasteiger partial charge in [0, 0.05) is 24.5 Å². The molecule has 28 heavy (non-hydrogen) atoms. The summed E-state index contributed by atoms with van der Waals surface area (Å²) in [6, 6.07) is 6.85. The summed E-state index contributed by atoms with van der Waals surface area (Å²) >= 11 is 0. The van der Waals surface area contributed by atoms with E-state index in [4.69, 9.17) is 9.47 Å². The molecule has 2 aromatic rings. The van der Waals surface area contributed by atoms with Gasteiger partial charge in [0.05, 0.1) is 31.0 Å². The highest BCUT2D eigenvalue weighted by atomic mass is 16.5. The molecule has 1 fully saturated rings. The fourth-order valence-corrected chi connectivity index (χ4v) is 3.30. The van der Waals surface area contributed by atoms with Crippen molar-refractivity contribution in [3.63, 3.8) is 0 Å². The molecule has 7 nitrogen and oxygen atoms in total. The molecule has 0 spiro atoms. The largest absolute Gasteiger partial charge is 0.497 e. The molecule has 0 bridgehead atoms. The Balaban J connectivity index is 1.71. The molecule has 148 valence electrons. The summed E-state index contributed by atoms with van der Waals surface area (Å²) in [5.74, 6) is 0.532. The maximum atomic E-state index is 12.6. The van der Waals surface area contributed by atoms with Gasteiger partial charge in [-0.05, 0) is 31.0 Å². The van der Waals surface area contributed by atoms with Crippen LogP contribution in [0.2, 0.25) is 0 Å². The predicted molar refractivity (Wildman–Crippen MR) is 106 cm³/mol. The minimum Gasteiger partial charge on any atom is -0.497 e. The van der Waals surface area contributed by atoms with Crippen LogP contribution in [0, 0.1) is 0 Å². The second-order valence-corrected chi connectivity index (χ2v) is 6.79. The number of amides is 2. The molecule has 1 aliphatic rings. The quantitative estimate of drug-likeness (QED) is 0.798. The van der Waals surface area contributed by atoms with Crippen LogP contribution in [0.15, 0.2) is 36.7 Å². The number of methoxy groups -OCH3 is 2. The molecular formula is C21H25N3O4. The Kier molecular flexibility index (Phi) is 6.47. The first-order valence-electron chi connectivity index (χ1n) is 9.40. The molecular weight excluding hydrogens is 358 g/mol. The van der Waals surface area contributed by atoms with Gasteiger partial charge in [-0.3, -0.25) is 14.6 Å². The van der Waals surface area contributed by atoms with Crippen molar-refractivity contribution in [2.45, 2.75) is 38.1 Å². The second kappa shape index (κ2) is 9.21. The summed E-state index contributed by atoms with van der Waals surface area (Å²) in [7, 11) is 3.07. The molecule has 0 radical (unpaired) electrons. The summed E-state index contributed by atoms with van der Waals surface area (Å²) in [6.45, 7) is 0. The highest BCUT2D eigenvalue weighted by molar-refractivity contribution is 6.06. The van der Waals surface area contributed by atoms with Crippen LogP contribution in [0.5, 0.6) is 11.5 Å². The predicted octanol–water partition coefficient (Wildman–Crippen LogP) is 3.41. The third-order valence-electron chi connectivity index (χ3n) is 4.86. The Morgan fingerprint density at radius 2 is 1.68 bits per heavy atom. The number of hydrogen-bond acceptors (Lipinski definition) is 5. The van der Waals surface area contributed by atoms with Crippen molar-refractivity contribution in [2.24, 2.45) is 0 Å². The number of nitrogens with zero attached hydrogens (tertiary/aromatic N) is 1. The molecule has 2 amide bonds. The number of pyridine rings is 1. The lowest BCUT2D eigenvalue weighted by Crippen LogP contribution is -2.36. The molecule has 1 aromatic carbocycles. The van der Waals surface area contributed by atoms with Crippen molar-refractivity contribution < 1.29 is 19.1 Å². The zero-order valence-electron chi connectivity index (χ0n) is 16.2. The second-order valence-electron chi connectivity index (χ2n) is 6.79. The number of carbonyl (C=O) groups excluding carboxylic acids is 2. The molecule has 7 heteroatoms. The molecule has 1 saturated carbocycles. The monoisotopic (exact) mass is 383 g/mol. The van der Waals surface area contributed by atoms with Crippen LogP contribution in [0.25, 0.3) is 0 Å². The maximum absolute atomic E-state index is 12.6. The SMILES string of the molecule is COc1ccc(NC(=O)c2cncc(C(=O)NC3CCCCC3)c2)c(OC)c1. The van der Waals surface area contributed by atoms with Gasteiger partial charge in [0.2, 0.25) is 0 Å². The smallest absolute Gasteiger partial charge is 0.257 e. The van der Waals surface area contributed by atoms with Crippen molar-refractivity contribution in [2.75, 3.05) is 19.5 Å². The molecule has 0 saturated heterocycles. The van der Waals surface area contributed by atoms with E-state index >= 15 is 0 Å². The van der Waals surface area contributed by atoms with E-state index in [1.807, 2.05) is 0 Å². The van der Waals surface area contributed by atoms with Gasteiger partial charge in [-0.2, -0.15) is 0 Å². The van der Waals surface area contributed by atoms with E-state index in [-0.39, 0.29) is 17.9 Å². The van der Waals surface area contributed by atoms with Gasteiger partial charge in [-0.1, -0.05) is 19.3 Å². The fraction of sp³-hybridized carbons (Fsp3) is 0.381. The van der Waals surface area contributed by atoms with Gasteiger partial charge < -0.3 is 20.1 Å². The van der Waals surface area contributed by atoms with Gasteiger partial charge in [0.25, 0.3) is 11.8 Å². The van der Waals surface area contributed by atoms with Crippen molar-refractivity contribution >= 4 is 17.5 Å². The van der Waals surface area contributed by atoms with Crippen LogP contribution in [0.3, 0.4) is 0 Å². The van der Waals surface area contributed by atoms with E-state index in [1.165, 1.54) is 25.9 Å². The number of ether oxygens (including phenoxy) is 2. The summed E-state index contributed by atoms with van der Waals surface area (Å²) in [5.41, 5.74) is 1.18. The lowest BCUT2D eigenvalue weighted by atomic mass is 9.95. The third kappa shape index (κ3) is 4.79. The number of aromatic nitrogens is 1. The molecule has 1 aromatic heterocycles. The number of carbonyl (C=O) groups is 2. The normalized spacial score (nSPS) is 14.2. The van der Waals surface area contributed by atoms with Crippen molar-refractivity contribution in [1.82, 2.24) is 10.3 Å². The summed E-state index contributed by atoms with van der Waals surface area (Å²) in [6.07, 6.45) is 8.39.